The minimum Gasteiger partial charge on any atom is -0.408 e. The van der Waals surface area contributed by atoms with Crippen molar-refractivity contribution in [1.82, 2.24) is 0 Å². The van der Waals surface area contributed by atoms with Gasteiger partial charge >= 0.3 is 6.28 Å². The number of nitrogens with zero attached hydrogens (tertiary/aromatic N) is 1. The summed E-state index contributed by atoms with van der Waals surface area (Å²) in [6, 6.07) is 24.5. The maximum atomic E-state index is 5.80. The van der Waals surface area contributed by atoms with Gasteiger partial charge in [0.2, 0.25) is 0 Å². The molecule has 1 aliphatic rings. The molecule has 2 heterocycles. The zero-order valence-corrected chi connectivity index (χ0v) is 19.5. The van der Waals surface area contributed by atoms with E-state index in [1.807, 2.05) is 0 Å². The van der Waals surface area contributed by atoms with E-state index in [9.17, 15) is 0 Å². The minimum absolute atomic E-state index is 0.941. The molecule has 0 saturated heterocycles. The highest BCUT2D eigenvalue weighted by molar-refractivity contribution is 7.07. The molecule has 156 valence electrons. The van der Waals surface area contributed by atoms with Crippen molar-refractivity contribution in [2.75, 3.05) is 0 Å². The Labute approximate surface area is 191 Å². The molecule has 1 aromatic heterocycles. The number of terminal acetylenes is 1. The van der Waals surface area contributed by atoms with Crippen molar-refractivity contribution in [3.63, 3.8) is 0 Å². The van der Waals surface area contributed by atoms with Crippen LogP contribution in [0.1, 0.15) is 33.4 Å². The van der Waals surface area contributed by atoms with Crippen LogP contribution in [0.4, 0.5) is 0 Å². The quantitative estimate of drug-likeness (QED) is 0.304. The molecule has 1 atom stereocenters. The summed E-state index contributed by atoms with van der Waals surface area (Å²) in [7, 11) is 0. The lowest BCUT2D eigenvalue weighted by Gasteiger charge is -2.38. The summed E-state index contributed by atoms with van der Waals surface area (Å²) < 4.78 is 2.54. The molecule has 1 aliphatic heterocycles. The first-order valence-electron chi connectivity index (χ1n) is 11.3. The summed E-state index contributed by atoms with van der Waals surface area (Å²) in [5.74, 6) is 2.85. The van der Waals surface area contributed by atoms with Crippen molar-refractivity contribution < 1.29 is 4.48 Å². The second-order valence-corrected chi connectivity index (χ2v) is 9.38. The summed E-state index contributed by atoms with van der Waals surface area (Å²) in [5.41, 5.74) is 14.2. The number of pyridine rings is 1. The van der Waals surface area contributed by atoms with Gasteiger partial charge in [0, 0.05) is 17.2 Å². The molecule has 0 aliphatic carbocycles. The topological polar surface area (TPSA) is 3.88 Å². The van der Waals surface area contributed by atoms with Crippen molar-refractivity contribution in [3.8, 4) is 23.6 Å². The molecular weight excluding hydrogens is 385 g/mol. The van der Waals surface area contributed by atoms with Crippen molar-refractivity contribution >= 4 is 22.7 Å². The summed E-state index contributed by atoms with van der Waals surface area (Å²) in [4.78, 5) is 0. The average Bonchev–Trinajstić information content (AvgIpc) is 3.04. The fraction of sp³-hybridized carbons (Fsp3) is 0.167. The molecule has 32 heavy (non-hydrogen) atoms. The lowest BCUT2D eigenvalue weighted by Crippen LogP contribution is -2.84. The van der Waals surface area contributed by atoms with Gasteiger partial charge < -0.3 is 4.48 Å². The van der Waals surface area contributed by atoms with Gasteiger partial charge in [-0.15, -0.1) is 22.8 Å². The van der Waals surface area contributed by atoms with Crippen molar-refractivity contribution in [2.45, 2.75) is 34.6 Å². The highest BCUT2D eigenvalue weighted by Gasteiger charge is 2.52. The van der Waals surface area contributed by atoms with Gasteiger partial charge in [-0.3, -0.25) is 0 Å². The highest BCUT2D eigenvalue weighted by atomic mass is 14.9. The van der Waals surface area contributed by atoms with E-state index in [4.69, 9.17) is 6.42 Å². The van der Waals surface area contributed by atoms with E-state index in [1.165, 1.54) is 55.5 Å². The first kappa shape index (κ1) is 20.3. The zero-order valence-electron chi connectivity index (χ0n) is 19.5. The van der Waals surface area contributed by atoms with E-state index in [2.05, 4.69) is 118 Å². The third-order valence-electron chi connectivity index (χ3n) is 7.33. The second kappa shape index (κ2) is 7.25. The van der Waals surface area contributed by atoms with Crippen LogP contribution >= 0.6 is 0 Å². The molecular formula is C30H28BN. The third kappa shape index (κ3) is 2.64. The van der Waals surface area contributed by atoms with Gasteiger partial charge in [-0.2, -0.15) is 0 Å². The summed E-state index contributed by atoms with van der Waals surface area (Å²) >= 11 is 0. The van der Waals surface area contributed by atoms with E-state index in [0.29, 0.717) is 0 Å². The number of aromatic nitrogens is 1. The van der Waals surface area contributed by atoms with Crippen LogP contribution in [0.15, 0.2) is 72.9 Å². The predicted molar refractivity (Wildman–Crippen MR) is 137 cm³/mol. The number of aryl methyl sites for hydroxylation is 5. The van der Waals surface area contributed by atoms with Crippen molar-refractivity contribution in [1.29, 1.82) is 0 Å². The predicted octanol–water partition coefficient (Wildman–Crippen LogP) is 3.99. The van der Waals surface area contributed by atoms with Crippen molar-refractivity contribution in [3.05, 3.63) is 106 Å². The van der Waals surface area contributed by atoms with Crippen LogP contribution in [0.3, 0.4) is 0 Å². The van der Waals surface area contributed by atoms with Crippen LogP contribution in [-0.2, 0) is 0 Å². The standard InChI is InChI=1S/C30H28BN/c1-7-25-18-23(5)30(24(6)19-25)31(29-21(3)16-20(2)17-22(29)4)27-13-9-8-12-26(27)28-14-10-11-15-32(28)31/h1,8-19H,2-6H3/t31-/m1/s1. The van der Waals surface area contributed by atoms with E-state index >= 15 is 0 Å². The zero-order chi connectivity index (χ0) is 22.6. The number of rotatable bonds is 2. The normalized spacial score (nSPS) is 16.4. The van der Waals surface area contributed by atoms with E-state index in [1.54, 1.807) is 0 Å². The molecule has 0 amide bonds. The lowest BCUT2D eigenvalue weighted by atomic mass is 9.22. The molecule has 0 unspecified atom stereocenters. The molecule has 3 aromatic carbocycles. The molecule has 0 N–H and O–H groups in total. The lowest BCUT2D eigenvalue weighted by molar-refractivity contribution is -0.524. The van der Waals surface area contributed by atoms with Gasteiger partial charge in [0.15, 0.2) is 5.69 Å². The monoisotopic (exact) mass is 413 g/mol. The average molecular weight is 413 g/mol. The van der Waals surface area contributed by atoms with Crippen LogP contribution in [0, 0.1) is 47.0 Å². The summed E-state index contributed by atoms with van der Waals surface area (Å²) in [5, 5.41) is 0. The SMILES string of the molecule is C#Cc1cc(C)c([B@-]2(c3c(C)cc(C)cc3C)c3ccccc3-c3cccc[n+]32)c(C)c1. The Kier molecular flexibility index (Phi) is 4.61. The van der Waals surface area contributed by atoms with E-state index < -0.39 is 6.28 Å². The first-order chi connectivity index (χ1) is 15.4. The fourth-order valence-corrected chi connectivity index (χ4v) is 6.57. The molecule has 0 radical (unpaired) electrons. The second-order valence-electron chi connectivity index (χ2n) is 9.38. The highest BCUT2D eigenvalue weighted by Crippen LogP contribution is 2.27. The number of fused-ring (bicyclic) bond motifs is 3. The number of hydrogen-bond acceptors (Lipinski definition) is 0. The van der Waals surface area contributed by atoms with Crippen LogP contribution in [0.2, 0.25) is 0 Å². The smallest absolute Gasteiger partial charge is 0.362 e. The van der Waals surface area contributed by atoms with Gasteiger partial charge in [-0.05, 0) is 52.8 Å². The first-order valence-corrected chi connectivity index (χ1v) is 11.3. The van der Waals surface area contributed by atoms with Gasteiger partial charge in [-0.1, -0.05) is 76.2 Å². The van der Waals surface area contributed by atoms with Crippen LogP contribution in [0.25, 0.3) is 11.3 Å². The maximum absolute atomic E-state index is 5.80. The van der Waals surface area contributed by atoms with E-state index in [-0.39, 0.29) is 0 Å². The molecule has 0 spiro atoms. The van der Waals surface area contributed by atoms with Crippen LogP contribution < -0.4 is 20.9 Å². The maximum Gasteiger partial charge on any atom is 0.362 e. The Morgan fingerprint density at radius 3 is 1.91 bits per heavy atom. The fourth-order valence-electron chi connectivity index (χ4n) is 6.57. The Balaban J connectivity index is 2.06. The van der Waals surface area contributed by atoms with Crippen molar-refractivity contribution in [2.24, 2.45) is 0 Å². The van der Waals surface area contributed by atoms with Gasteiger partial charge in [0.05, 0.1) is 0 Å². The molecule has 1 nitrogen and oxygen atoms in total. The van der Waals surface area contributed by atoms with Crippen LogP contribution in [0.5, 0.6) is 0 Å². The Hall–Kier alpha value is -3.57. The third-order valence-corrected chi connectivity index (χ3v) is 7.33. The Bertz CT molecular complexity index is 1350. The minimum atomic E-state index is -1.43. The molecule has 5 rings (SSSR count). The van der Waals surface area contributed by atoms with Gasteiger partial charge in [0.1, 0.15) is 6.20 Å². The largest absolute Gasteiger partial charge is 0.408 e. The number of hydrogen-bond donors (Lipinski definition) is 0. The van der Waals surface area contributed by atoms with Gasteiger partial charge in [-0.25, -0.2) is 0 Å². The van der Waals surface area contributed by atoms with Gasteiger partial charge in [0.25, 0.3) is 0 Å². The van der Waals surface area contributed by atoms with Crippen LogP contribution in [-0.4, -0.2) is 6.28 Å². The molecule has 0 saturated carbocycles. The molecule has 4 aromatic rings. The summed E-state index contributed by atoms with van der Waals surface area (Å²) in [6.45, 7) is 11.2. The Morgan fingerprint density at radius 1 is 0.719 bits per heavy atom. The number of benzene rings is 3. The Morgan fingerprint density at radius 2 is 1.28 bits per heavy atom. The molecule has 0 fully saturated rings. The molecule has 0 bridgehead atoms. The molecule has 2 heteroatoms. The van der Waals surface area contributed by atoms with E-state index in [0.717, 1.165) is 5.56 Å². The summed E-state index contributed by atoms with van der Waals surface area (Å²) in [6.07, 6.45) is 6.64.